The smallest absolute Gasteiger partial charge is 0.197 e. The van der Waals surface area contributed by atoms with E-state index in [9.17, 15) is 14.4 Å². The summed E-state index contributed by atoms with van der Waals surface area (Å²) in [5.41, 5.74) is 1.98. The van der Waals surface area contributed by atoms with Gasteiger partial charge in [-0.15, -0.1) is 0 Å². The van der Waals surface area contributed by atoms with Gasteiger partial charge in [0.15, 0.2) is 17.0 Å². The Balaban J connectivity index is 1.96. The van der Waals surface area contributed by atoms with Gasteiger partial charge in [0, 0.05) is 32.5 Å². The van der Waals surface area contributed by atoms with Crippen molar-refractivity contribution in [2.45, 2.75) is 0 Å². The van der Waals surface area contributed by atoms with Crippen LogP contribution in [0.1, 0.15) is 31.8 Å². The van der Waals surface area contributed by atoms with Gasteiger partial charge in [-0.25, -0.2) is 0 Å². The van der Waals surface area contributed by atoms with Crippen LogP contribution < -0.4 is 5.43 Å². The van der Waals surface area contributed by atoms with Gasteiger partial charge >= 0.3 is 0 Å². The van der Waals surface area contributed by atoms with Gasteiger partial charge in [-0.1, -0.05) is 35.9 Å². The minimum absolute atomic E-state index is 0.202. The van der Waals surface area contributed by atoms with E-state index >= 15 is 0 Å². The van der Waals surface area contributed by atoms with Crippen LogP contribution in [-0.2, 0) is 0 Å². The Labute approximate surface area is 152 Å². The highest BCUT2D eigenvalue weighted by molar-refractivity contribution is 6.32. The molecule has 1 N–H and O–H groups in total. The Morgan fingerprint density at radius 1 is 0.731 bits per heavy atom. The van der Waals surface area contributed by atoms with Crippen molar-refractivity contribution < 1.29 is 9.59 Å². The lowest BCUT2D eigenvalue weighted by Crippen LogP contribution is -2.22. The van der Waals surface area contributed by atoms with Crippen LogP contribution in [0.2, 0.25) is 5.02 Å². The van der Waals surface area contributed by atoms with Crippen LogP contribution in [0.4, 0.5) is 0 Å². The third kappa shape index (κ3) is 1.87. The van der Waals surface area contributed by atoms with E-state index in [1.807, 2.05) is 0 Å². The van der Waals surface area contributed by atoms with Crippen LogP contribution in [-0.4, -0.2) is 16.6 Å². The van der Waals surface area contributed by atoms with Crippen molar-refractivity contribution in [3.63, 3.8) is 0 Å². The molecule has 0 aliphatic heterocycles. The summed E-state index contributed by atoms with van der Waals surface area (Å²) in [6.07, 6.45) is 0. The molecule has 5 rings (SSSR count). The first-order valence-electron chi connectivity index (χ1n) is 8.03. The van der Waals surface area contributed by atoms with Gasteiger partial charge in [0.1, 0.15) is 0 Å². The number of aromatic nitrogens is 1. The molecule has 3 aromatic carbocycles. The monoisotopic (exact) mass is 359 g/mol. The second-order valence-corrected chi connectivity index (χ2v) is 6.69. The van der Waals surface area contributed by atoms with Crippen molar-refractivity contribution in [2.24, 2.45) is 0 Å². The summed E-state index contributed by atoms with van der Waals surface area (Å²) >= 11 is 6.04. The van der Waals surface area contributed by atoms with Crippen molar-refractivity contribution in [1.82, 2.24) is 4.98 Å². The number of H-pyrrole nitrogens is 1. The quantitative estimate of drug-likeness (QED) is 0.423. The second-order valence-electron chi connectivity index (χ2n) is 6.26. The van der Waals surface area contributed by atoms with Crippen LogP contribution >= 0.6 is 11.6 Å². The summed E-state index contributed by atoms with van der Waals surface area (Å²) in [6.45, 7) is 0. The van der Waals surface area contributed by atoms with E-state index in [0.29, 0.717) is 43.5 Å². The van der Waals surface area contributed by atoms with Crippen LogP contribution in [0.25, 0.3) is 21.8 Å². The van der Waals surface area contributed by atoms with Gasteiger partial charge < -0.3 is 4.98 Å². The molecule has 1 aliphatic rings. The minimum Gasteiger partial charge on any atom is -0.354 e. The molecule has 0 radical (unpaired) electrons. The average molecular weight is 360 g/mol. The lowest BCUT2D eigenvalue weighted by Gasteiger charge is -2.19. The third-order valence-corrected chi connectivity index (χ3v) is 5.06. The van der Waals surface area contributed by atoms with E-state index in [2.05, 4.69) is 4.98 Å². The summed E-state index contributed by atoms with van der Waals surface area (Å²) in [5, 5.41) is 1.33. The average Bonchev–Trinajstić information content (AvgIpc) is 2.65. The molecule has 1 aliphatic carbocycles. The number of hydrogen-bond acceptors (Lipinski definition) is 3. The summed E-state index contributed by atoms with van der Waals surface area (Å²) in [5.74, 6) is -0.484. The number of hydrogen-bond donors (Lipinski definition) is 1. The molecular weight excluding hydrogens is 350 g/mol. The van der Waals surface area contributed by atoms with Crippen molar-refractivity contribution in [3.8, 4) is 0 Å². The number of benzene rings is 3. The van der Waals surface area contributed by atoms with E-state index in [4.69, 9.17) is 11.6 Å². The van der Waals surface area contributed by atoms with Gasteiger partial charge in [-0.2, -0.15) is 0 Å². The Morgan fingerprint density at radius 2 is 1.42 bits per heavy atom. The summed E-state index contributed by atoms with van der Waals surface area (Å²) in [7, 11) is 0. The highest BCUT2D eigenvalue weighted by atomic mass is 35.5. The Kier molecular flexibility index (Phi) is 2.97. The Hall–Kier alpha value is -3.24. The maximum Gasteiger partial charge on any atom is 0.197 e. The number of fused-ring (bicyclic) bond motifs is 5. The molecule has 0 saturated heterocycles. The fourth-order valence-corrected chi connectivity index (χ4v) is 3.78. The highest BCUT2D eigenvalue weighted by Gasteiger charge is 2.31. The minimum atomic E-state index is -0.266. The number of carbonyl (C=O) groups excluding carboxylic acids is 2. The van der Waals surface area contributed by atoms with Gasteiger partial charge in [0.05, 0.1) is 16.6 Å². The molecule has 0 fully saturated rings. The molecule has 4 aromatic rings. The maximum absolute atomic E-state index is 13.1. The molecule has 0 saturated carbocycles. The van der Waals surface area contributed by atoms with Gasteiger partial charge in [0.2, 0.25) is 0 Å². The maximum atomic E-state index is 13.1. The van der Waals surface area contributed by atoms with Gasteiger partial charge in [-0.05, 0) is 30.3 Å². The molecule has 124 valence electrons. The fourth-order valence-electron chi connectivity index (χ4n) is 3.60. The molecule has 1 aromatic heterocycles. The molecule has 0 atom stereocenters. The second kappa shape index (κ2) is 5.13. The highest BCUT2D eigenvalue weighted by Crippen LogP contribution is 2.31. The van der Waals surface area contributed by atoms with E-state index in [1.54, 1.807) is 54.6 Å². The topological polar surface area (TPSA) is 67.0 Å². The number of rotatable bonds is 0. The molecule has 5 heteroatoms. The van der Waals surface area contributed by atoms with Crippen molar-refractivity contribution in [1.29, 1.82) is 0 Å². The SMILES string of the molecule is O=C1c2ccccc2C(=O)c2c1ccc1c(=O)c3ccc(Cl)cc3[nH]c21. The van der Waals surface area contributed by atoms with E-state index in [-0.39, 0.29) is 22.6 Å². The molecule has 0 spiro atoms. The Bertz CT molecular complexity index is 1350. The van der Waals surface area contributed by atoms with Crippen LogP contribution in [0.5, 0.6) is 0 Å². The summed E-state index contributed by atoms with van der Waals surface area (Å²) in [6, 6.07) is 14.8. The predicted octanol–water partition coefficient (Wildman–Crippen LogP) is 4.11. The lowest BCUT2D eigenvalue weighted by molar-refractivity contribution is 0.0980. The van der Waals surface area contributed by atoms with E-state index in [0.717, 1.165) is 0 Å². The fraction of sp³-hybridized carbons (Fsp3) is 0. The molecule has 1 heterocycles. The van der Waals surface area contributed by atoms with Crippen molar-refractivity contribution in [3.05, 3.63) is 92.1 Å². The molecule has 0 amide bonds. The third-order valence-electron chi connectivity index (χ3n) is 4.82. The largest absolute Gasteiger partial charge is 0.354 e. The van der Waals surface area contributed by atoms with Gasteiger partial charge in [-0.3, -0.25) is 14.4 Å². The molecule has 0 unspecified atom stereocenters. The predicted molar refractivity (Wildman–Crippen MR) is 100 cm³/mol. The van der Waals surface area contributed by atoms with E-state index < -0.39 is 0 Å². The number of nitrogens with one attached hydrogen (secondary N) is 1. The molecule has 0 bridgehead atoms. The molecule has 26 heavy (non-hydrogen) atoms. The van der Waals surface area contributed by atoms with Crippen molar-refractivity contribution >= 4 is 45.0 Å². The number of carbonyl (C=O) groups is 2. The van der Waals surface area contributed by atoms with Gasteiger partial charge in [0.25, 0.3) is 0 Å². The number of pyridine rings is 1. The summed E-state index contributed by atoms with van der Waals surface area (Å²) in [4.78, 5) is 41.9. The van der Waals surface area contributed by atoms with Crippen molar-refractivity contribution in [2.75, 3.05) is 0 Å². The summed E-state index contributed by atoms with van der Waals surface area (Å²) < 4.78 is 0. The standard InChI is InChI=1S/C21H10ClNO3/c22-10-5-6-13-16(9-10)23-18-15(20(13)25)8-7-14-17(18)21(26)12-4-2-1-3-11(12)19(14)24/h1-9H,(H,23,25). The zero-order valence-corrected chi connectivity index (χ0v) is 14.1. The number of ketones is 2. The first-order valence-corrected chi connectivity index (χ1v) is 8.41. The number of halogens is 1. The van der Waals surface area contributed by atoms with Crippen LogP contribution in [0.3, 0.4) is 0 Å². The van der Waals surface area contributed by atoms with Crippen LogP contribution in [0, 0.1) is 0 Å². The normalized spacial score (nSPS) is 13.1. The zero-order chi connectivity index (χ0) is 18.0. The lowest BCUT2D eigenvalue weighted by atomic mass is 9.83. The first kappa shape index (κ1) is 15.0. The number of aromatic amines is 1. The Morgan fingerprint density at radius 3 is 2.19 bits per heavy atom. The van der Waals surface area contributed by atoms with Crippen LogP contribution in [0.15, 0.2) is 59.4 Å². The zero-order valence-electron chi connectivity index (χ0n) is 13.3. The molecular formula is C21H10ClNO3. The first-order chi connectivity index (χ1) is 12.6. The van der Waals surface area contributed by atoms with E-state index in [1.165, 1.54) is 0 Å². The molecule has 4 nitrogen and oxygen atoms in total.